The maximum Gasteiger partial charge on any atom is 0.243 e. The van der Waals surface area contributed by atoms with Crippen LogP contribution in [-0.2, 0) is 10.2 Å². The van der Waals surface area contributed by atoms with Gasteiger partial charge >= 0.3 is 0 Å². The molecule has 25 heavy (non-hydrogen) atoms. The summed E-state index contributed by atoms with van der Waals surface area (Å²) < 4.78 is 0. The molecule has 1 aliphatic carbocycles. The van der Waals surface area contributed by atoms with Crippen molar-refractivity contribution in [2.45, 2.75) is 12.3 Å². The van der Waals surface area contributed by atoms with Gasteiger partial charge in [0.25, 0.3) is 0 Å². The van der Waals surface area contributed by atoms with E-state index in [1.54, 1.807) is 0 Å². The van der Waals surface area contributed by atoms with Crippen LogP contribution >= 0.6 is 0 Å². The van der Waals surface area contributed by atoms with Gasteiger partial charge in [-0.2, -0.15) is 0 Å². The average molecular weight is 323 g/mol. The van der Waals surface area contributed by atoms with Crippen molar-refractivity contribution in [3.63, 3.8) is 0 Å². The van der Waals surface area contributed by atoms with Crippen LogP contribution in [0.4, 0.5) is 5.69 Å². The molecule has 2 nitrogen and oxygen atoms in total. The lowest BCUT2D eigenvalue weighted by Gasteiger charge is -2.21. The molecule has 0 saturated carbocycles. The smallest absolute Gasteiger partial charge is 0.243 e. The fourth-order valence-corrected chi connectivity index (χ4v) is 4.14. The molecule has 0 saturated heterocycles. The molecule has 1 unspecified atom stereocenters. The minimum Gasteiger partial charge on any atom is -0.324 e. The summed E-state index contributed by atoms with van der Waals surface area (Å²) in [4.78, 5) is 13.2. The third-order valence-electron chi connectivity index (χ3n) is 5.29. The summed E-state index contributed by atoms with van der Waals surface area (Å²) in [7, 11) is 0. The van der Waals surface area contributed by atoms with Crippen LogP contribution in [0.5, 0.6) is 0 Å². The summed E-state index contributed by atoms with van der Waals surface area (Å²) >= 11 is 0. The van der Waals surface area contributed by atoms with Crippen molar-refractivity contribution in [2.75, 3.05) is 5.32 Å². The molecular formula is C23H17NO. The second-order valence-corrected chi connectivity index (χ2v) is 6.78. The minimum absolute atomic E-state index is 0.0338. The van der Waals surface area contributed by atoms with Gasteiger partial charge in [0.2, 0.25) is 5.91 Å². The van der Waals surface area contributed by atoms with Gasteiger partial charge in [-0.05, 0) is 40.8 Å². The first-order valence-electron chi connectivity index (χ1n) is 8.51. The topological polar surface area (TPSA) is 29.1 Å². The number of carbonyl (C=O) groups excluding carboxylic acids is 1. The Bertz CT molecular complexity index is 1050. The van der Waals surface area contributed by atoms with E-state index in [1.165, 1.54) is 0 Å². The van der Waals surface area contributed by atoms with Gasteiger partial charge in [0.15, 0.2) is 0 Å². The summed E-state index contributed by atoms with van der Waals surface area (Å²) in [6, 6.07) is 24.7. The number of aryl methyl sites for hydroxylation is 1. The Labute approximate surface area is 146 Å². The Morgan fingerprint density at radius 2 is 1.60 bits per heavy atom. The van der Waals surface area contributed by atoms with Crippen molar-refractivity contribution in [1.82, 2.24) is 0 Å². The molecule has 1 atom stereocenters. The highest BCUT2D eigenvalue weighted by molar-refractivity contribution is 6.14. The zero-order valence-electron chi connectivity index (χ0n) is 13.9. The Kier molecular flexibility index (Phi) is 2.81. The van der Waals surface area contributed by atoms with Crippen LogP contribution in [0.2, 0.25) is 0 Å². The van der Waals surface area contributed by atoms with Crippen molar-refractivity contribution in [3.05, 3.63) is 107 Å². The van der Waals surface area contributed by atoms with E-state index in [-0.39, 0.29) is 5.91 Å². The Morgan fingerprint density at radius 3 is 2.44 bits per heavy atom. The van der Waals surface area contributed by atoms with Gasteiger partial charge in [-0.3, -0.25) is 4.79 Å². The normalized spacial score (nSPS) is 20.2. The van der Waals surface area contributed by atoms with E-state index in [0.29, 0.717) is 0 Å². The highest BCUT2D eigenvalue weighted by Gasteiger charge is 2.51. The molecule has 3 aromatic rings. The first kappa shape index (κ1) is 14.2. The van der Waals surface area contributed by atoms with Crippen molar-refractivity contribution in [2.24, 2.45) is 0 Å². The summed E-state index contributed by atoms with van der Waals surface area (Å²) in [6.07, 6.45) is 2.15. The lowest BCUT2D eigenvalue weighted by molar-refractivity contribution is -0.118. The molecule has 1 amide bonds. The van der Waals surface area contributed by atoms with Crippen molar-refractivity contribution >= 4 is 17.2 Å². The third-order valence-corrected chi connectivity index (χ3v) is 5.29. The molecule has 1 spiro atoms. The first-order chi connectivity index (χ1) is 12.2. The van der Waals surface area contributed by atoms with Gasteiger partial charge in [-0.15, -0.1) is 0 Å². The van der Waals surface area contributed by atoms with Gasteiger partial charge in [0.1, 0.15) is 5.41 Å². The molecule has 1 N–H and O–H groups in total. The van der Waals surface area contributed by atoms with Crippen LogP contribution in [0.1, 0.15) is 27.8 Å². The lowest BCUT2D eigenvalue weighted by Crippen LogP contribution is -2.32. The molecule has 0 aromatic heterocycles. The summed E-state index contributed by atoms with van der Waals surface area (Å²) in [5.41, 5.74) is 6.86. The predicted octanol–water partition coefficient (Wildman–Crippen LogP) is 4.68. The molecule has 0 radical (unpaired) electrons. The van der Waals surface area contributed by atoms with Crippen molar-refractivity contribution < 1.29 is 4.79 Å². The van der Waals surface area contributed by atoms with Gasteiger partial charge in [-0.25, -0.2) is 0 Å². The number of amides is 1. The molecule has 0 fully saturated rings. The highest BCUT2D eigenvalue weighted by Crippen LogP contribution is 2.52. The van der Waals surface area contributed by atoms with E-state index in [4.69, 9.17) is 0 Å². The predicted molar refractivity (Wildman–Crippen MR) is 101 cm³/mol. The number of hydrogen-bond acceptors (Lipinski definition) is 1. The fourth-order valence-electron chi connectivity index (χ4n) is 4.14. The SMILES string of the molecule is Cc1ccc2c(c1)C1(C=C(c3ccccc3)c3ccccc31)C(=O)N2. The number of carbonyl (C=O) groups is 1. The second kappa shape index (κ2) is 4.93. The molecule has 2 heteroatoms. The van der Waals surface area contributed by atoms with E-state index in [1.807, 2.05) is 42.5 Å². The van der Waals surface area contributed by atoms with Crippen molar-refractivity contribution in [1.29, 1.82) is 0 Å². The maximum absolute atomic E-state index is 13.2. The van der Waals surface area contributed by atoms with Crippen LogP contribution in [0.25, 0.3) is 5.57 Å². The second-order valence-electron chi connectivity index (χ2n) is 6.78. The number of anilines is 1. The molecule has 1 aliphatic heterocycles. The average Bonchev–Trinajstić information content (AvgIpc) is 3.13. The summed E-state index contributed by atoms with van der Waals surface area (Å²) in [5, 5.41) is 3.09. The van der Waals surface area contributed by atoms with Crippen molar-refractivity contribution in [3.8, 4) is 0 Å². The molecule has 120 valence electrons. The van der Waals surface area contributed by atoms with E-state index < -0.39 is 5.41 Å². The van der Waals surface area contributed by atoms with E-state index in [2.05, 4.69) is 48.6 Å². The Hall–Kier alpha value is -3.13. The van der Waals surface area contributed by atoms with Crippen LogP contribution in [0.15, 0.2) is 78.9 Å². The van der Waals surface area contributed by atoms with Crippen LogP contribution in [0.3, 0.4) is 0 Å². The molecular weight excluding hydrogens is 306 g/mol. The van der Waals surface area contributed by atoms with Crippen LogP contribution < -0.4 is 5.32 Å². The number of hydrogen-bond donors (Lipinski definition) is 1. The van der Waals surface area contributed by atoms with E-state index >= 15 is 0 Å². The van der Waals surface area contributed by atoms with Crippen LogP contribution in [-0.4, -0.2) is 5.91 Å². The molecule has 0 bridgehead atoms. The monoisotopic (exact) mass is 323 g/mol. The standard InChI is InChI=1S/C23H17NO/c1-15-11-12-21-20(13-15)23(22(25)24-21)14-18(16-7-3-2-4-8-16)17-9-5-6-10-19(17)23/h2-14H,1H3,(H,24,25). The summed E-state index contributed by atoms with van der Waals surface area (Å²) in [5.74, 6) is 0.0338. The lowest BCUT2D eigenvalue weighted by atomic mass is 9.77. The van der Waals surface area contributed by atoms with Gasteiger partial charge in [0.05, 0.1) is 0 Å². The number of fused-ring (bicyclic) bond motifs is 4. The molecule has 3 aromatic carbocycles. The Balaban J connectivity index is 1.85. The zero-order valence-corrected chi connectivity index (χ0v) is 13.9. The largest absolute Gasteiger partial charge is 0.324 e. The van der Waals surface area contributed by atoms with Gasteiger partial charge in [0, 0.05) is 5.69 Å². The fraction of sp³-hybridized carbons (Fsp3) is 0.0870. The summed E-state index contributed by atoms with van der Waals surface area (Å²) in [6.45, 7) is 2.07. The third kappa shape index (κ3) is 1.82. The molecule has 1 heterocycles. The quantitative estimate of drug-likeness (QED) is 0.692. The number of nitrogens with one attached hydrogen (secondary N) is 1. The first-order valence-corrected chi connectivity index (χ1v) is 8.51. The maximum atomic E-state index is 13.2. The minimum atomic E-state index is -0.733. The molecule has 5 rings (SSSR count). The van der Waals surface area contributed by atoms with Gasteiger partial charge in [-0.1, -0.05) is 78.4 Å². The zero-order chi connectivity index (χ0) is 17.0. The number of benzene rings is 3. The molecule has 2 aliphatic rings. The number of rotatable bonds is 1. The van der Waals surface area contributed by atoms with E-state index in [0.717, 1.165) is 39.1 Å². The highest BCUT2D eigenvalue weighted by atomic mass is 16.2. The van der Waals surface area contributed by atoms with Gasteiger partial charge < -0.3 is 5.32 Å². The van der Waals surface area contributed by atoms with Crippen LogP contribution in [0, 0.1) is 6.92 Å². The Morgan fingerprint density at radius 1 is 0.840 bits per heavy atom. The van der Waals surface area contributed by atoms with E-state index in [9.17, 15) is 4.79 Å².